The van der Waals surface area contributed by atoms with Gasteiger partial charge in [-0.3, -0.25) is 19.7 Å². The van der Waals surface area contributed by atoms with E-state index in [9.17, 15) is 19.7 Å². The van der Waals surface area contributed by atoms with Crippen molar-refractivity contribution in [2.24, 2.45) is 0 Å². The number of carbonyl (C=O) groups is 2. The van der Waals surface area contributed by atoms with Gasteiger partial charge in [-0.1, -0.05) is 12.1 Å². The smallest absolute Gasteiger partial charge is 0.269 e. The molecule has 2 aromatic rings. The van der Waals surface area contributed by atoms with Crippen LogP contribution in [0.4, 0.5) is 17.1 Å². The zero-order chi connectivity index (χ0) is 20.4. The number of para-hydroxylation sites is 1. The quantitative estimate of drug-likeness (QED) is 0.588. The minimum atomic E-state index is -0.414. The predicted octanol–water partition coefficient (Wildman–Crippen LogP) is 2.68. The van der Waals surface area contributed by atoms with Gasteiger partial charge in [0.2, 0.25) is 5.91 Å². The Kier molecular flexibility index (Phi) is 5.16. The standard InChI is InChI=1S/C21H22N4O4/c26-20-6-3-11-24(20)19-5-2-1-4-18(19)21(27)23-14-12-22(13-15-23)16-7-9-17(10-8-16)25(28)29/h1-2,4-5,7-10H,3,6,11-15H2. The molecule has 8 nitrogen and oxygen atoms in total. The van der Waals surface area contributed by atoms with Crippen molar-refractivity contribution in [3.63, 3.8) is 0 Å². The molecule has 2 amide bonds. The number of piperazine rings is 1. The van der Waals surface area contributed by atoms with E-state index in [1.807, 2.05) is 18.2 Å². The van der Waals surface area contributed by atoms with Crippen molar-refractivity contribution < 1.29 is 14.5 Å². The van der Waals surface area contributed by atoms with Crippen molar-refractivity contribution in [2.45, 2.75) is 12.8 Å². The van der Waals surface area contributed by atoms with Crippen LogP contribution in [0.5, 0.6) is 0 Å². The molecule has 8 heteroatoms. The second-order valence-corrected chi connectivity index (χ2v) is 7.22. The number of non-ortho nitro benzene ring substituents is 1. The van der Waals surface area contributed by atoms with Crippen molar-refractivity contribution >= 4 is 28.9 Å². The van der Waals surface area contributed by atoms with Gasteiger partial charge in [0, 0.05) is 57.0 Å². The summed E-state index contributed by atoms with van der Waals surface area (Å²) in [4.78, 5) is 41.3. The Morgan fingerprint density at radius 1 is 0.931 bits per heavy atom. The van der Waals surface area contributed by atoms with Crippen LogP contribution < -0.4 is 9.80 Å². The second-order valence-electron chi connectivity index (χ2n) is 7.22. The summed E-state index contributed by atoms with van der Waals surface area (Å²) in [5, 5.41) is 10.8. The van der Waals surface area contributed by atoms with Crippen LogP contribution >= 0.6 is 0 Å². The fourth-order valence-corrected chi connectivity index (χ4v) is 3.92. The number of rotatable bonds is 4. The fraction of sp³-hybridized carbons (Fsp3) is 0.333. The summed E-state index contributed by atoms with van der Waals surface area (Å²) >= 11 is 0. The molecule has 2 fully saturated rings. The largest absolute Gasteiger partial charge is 0.368 e. The number of anilines is 2. The minimum absolute atomic E-state index is 0.0632. The third kappa shape index (κ3) is 3.78. The van der Waals surface area contributed by atoms with Crippen molar-refractivity contribution in [3.05, 3.63) is 64.2 Å². The minimum Gasteiger partial charge on any atom is -0.368 e. The van der Waals surface area contributed by atoms with E-state index < -0.39 is 4.92 Å². The molecular formula is C21H22N4O4. The van der Waals surface area contributed by atoms with Crippen molar-refractivity contribution in [1.29, 1.82) is 0 Å². The zero-order valence-corrected chi connectivity index (χ0v) is 16.0. The normalized spacial score (nSPS) is 17.0. The van der Waals surface area contributed by atoms with E-state index in [1.54, 1.807) is 28.0 Å². The average Bonchev–Trinajstić information content (AvgIpc) is 3.19. The van der Waals surface area contributed by atoms with Gasteiger partial charge in [-0.25, -0.2) is 0 Å². The molecule has 0 aliphatic carbocycles. The first kappa shape index (κ1) is 18.9. The van der Waals surface area contributed by atoms with Gasteiger partial charge < -0.3 is 14.7 Å². The molecule has 29 heavy (non-hydrogen) atoms. The lowest BCUT2D eigenvalue weighted by Crippen LogP contribution is -2.49. The number of amides is 2. The van der Waals surface area contributed by atoms with Crippen LogP contribution in [0.25, 0.3) is 0 Å². The average molecular weight is 394 g/mol. The molecule has 2 heterocycles. The number of carbonyl (C=O) groups excluding carboxylic acids is 2. The van der Waals surface area contributed by atoms with Gasteiger partial charge in [0.15, 0.2) is 0 Å². The topological polar surface area (TPSA) is 87.0 Å². The van der Waals surface area contributed by atoms with E-state index in [0.717, 1.165) is 12.1 Å². The van der Waals surface area contributed by atoms with E-state index in [1.165, 1.54) is 12.1 Å². The lowest BCUT2D eigenvalue weighted by molar-refractivity contribution is -0.384. The number of nitrogens with zero attached hydrogens (tertiary/aromatic N) is 4. The zero-order valence-electron chi connectivity index (χ0n) is 16.0. The van der Waals surface area contributed by atoms with Gasteiger partial charge in [-0.15, -0.1) is 0 Å². The molecule has 0 unspecified atom stereocenters. The summed E-state index contributed by atoms with van der Waals surface area (Å²) in [5.74, 6) is -0.00288. The molecule has 0 aromatic heterocycles. The Morgan fingerprint density at radius 2 is 1.62 bits per heavy atom. The van der Waals surface area contributed by atoms with Crippen molar-refractivity contribution in [3.8, 4) is 0 Å². The third-order valence-corrected chi connectivity index (χ3v) is 5.49. The molecule has 0 N–H and O–H groups in total. The first-order valence-electron chi connectivity index (χ1n) is 9.72. The number of nitro benzene ring substituents is 1. The molecule has 0 atom stereocenters. The summed E-state index contributed by atoms with van der Waals surface area (Å²) in [6, 6.07) is 13.8. The van der Waals surface area contributed by atoms with Crippen LogP contribution in [0.3, 0.4) is 0 Å². The van der Waals surface area contributed by atoms with Crippen LogP contribution in [0.1, 0.15) is 23.2 Å². The SMILES string of the molecule is O=C(c1ccccc1N1CCCC1=O)N1CCN(c2ccc([N+](=O)[O-])cc2)CC1. The Bertz CT molecular complexity index is 936. The first-order valence-corrected chi connectivity index (χ1v) is 9.72. The lowest BCUT2D eigenvalue weighted by Gasteiger charge is -2.36. The van der Waals surface area contributed by atoms with E-state index in [2.05, 4.69) is 4.90 Å². The Balaban J connectivity index is 1.45. The van der Waals surface area contributed by atoms with E-state index >= 15 is 0 Å². The first-order chi connectivity index (χ1) is 14.0. The molecule has 2 aromatic carbocycles. The summed E-state index contributed by atoms with van der Waals surface area (Å²) in [5.41, 5.74) is 2.23. The highest BCUT2D eigenvalue weighted by Gasteiger charge is 2.29. The molecule has 2 aliphatic rings. The van der Waals surface area contributed by atoms with Crippen molar-refractivity contribution in [2.75, 3.05) is 42.5 Å². The Morgan fingerprint density at radius 3 is 2.24 bits per heavy atom. The highest BCUT2D eigenvalue weighted by molar-refractivity contribution is 6.05. The summed E-state index contributed by atoms with van der Waals surface area (Å²) < 4.78 is 0. The highest BCUT2D eigenvalue weighted by atomic mass is 16.6. The molecule has 0 saturated carbocycles. The van der Waals surface area contributed by atoms with E-state index in [0.29, 0.717) is 50.4 Å². The molecular weight excluding hydrogens is 372 g/mol. The summed E-state index contributed by atoms with van der Waals surface area (Å²) in [6.07, 6.45) is 1.34. The van der Waals surface area contributed by atoms with E-state index in [4.69, 9.17) is 0 Å². The molecule has 150 valence electrons. The lowest BCUT2D eigenvalue weighted by atomic mass is 10.1. The van der Waals surface area contributed by atoms with Gasteiger partial charge in [0.25, 0.3) is 11.6 Å². The van der Waals surface area contributed by atoms with Gasteiger partial charge in [0.05, 0.1) is 16.2 Å². The van der Waals surface area contributed by atoms with Crippen LogP contribution in [0.15, 0.2) is 48.5 Å². The monoisotopic (exact) mass is 394 g/mol. The van der Waals surface area contributed by atoms with Gasteiger partial charge in [-0.05, 0) is 30.7 Å². The molecule has 0 bridgehead atoms. The van der Waals surface area contributed by atoms with Crippen LogP contribution in [-0.4, -0.2) is 54.4 Å². The van der Waals surface area contributed by atoms with Gasteiger partial charge >= 0.3 is 0 Å². The Hall–Kier alpha value is -3.42. The molecule has 0 radical (unpaired) electrons. The van der Waals surface area contributed by atoms with Crippen molar-refractivity contribution in [1.82, 2.24) is 4.90 Å². The second kappa shape index (κ2) is 7.90. The number of nitro groups is 1. The molecule has 0 spiro atoms. The van der Waals surface area contributed by atoms with Crippen LogP contribution in [0, 0.1) is 10.1 Å². The van der Waals surface area contributed by atoms with Crippen LogP contribution in [0.2, 0.25) is 0 Å². The highest BCUT2D eigenvalue weighted by Crippen LogP contribution is 2.27. The molecule has 2 aliphatic heterocycles. The van der Waals surface area contributed by atoms with Gasteiger partial charge in [-0.2, -0.15) is 0 Å². The summed E-state index contributed by atoms with van der Waals surface area (Å²) in [6.45, 7) is 3.05. The number of benzene rings is 2. The Labute approximate surface area is 168 Å². The van der Waals surface area contributed by atoms with Crippen LogP contribution in [-0.2, 0) is 4.79 Å². The molecule has 2 saturated heterocycles. The summed E-state index contributed by atoms with van der Waals surface area (Å²) in [7, 11) is 0. The maximum absolute atomic E-state index is 13.1. The maximum atomic E-state index is 13.1. The fourth-order valence-electron chi connectivity index (χ4n) is 3.92. The van der Waals surface area contributed by atoms with Gasteiger partial charge in [0.1, 0.15) is 0 Å². The number of hydrogen-bond acceptors (Lipinski definition) is 5. The molecule has 4 rings (SSSR count). The maximum Gasteiger partial charge on any atom is 0.269 e. The predicted molar refractivity (Wildman–Crippen MR) is 109 cm³/mol. The van der Waals surface area contributed by atoms with E-state index in [-0.39, 0.29) is 17.5 Å². The number of hydrogen-bond donors (Lipinski definition) is 0. The third-order valence-electron chi connectivity index (χ3n) is 5.49.